The molecule has 0 fully saturated rings. The summed E-state index contributed by atoms with van der Waals surface area (Å²) in [4.78, 5) is 10.8. The lowest BCUT2D eigenvalue weighted by atomic mass is 9.78. The summed E-state index contributed by atoms with van der Waals surface area (Å²) in [6.45, 7) is 5.77. The molecule has 3 heteroatoms. The molecule has 1 rings (SSSR count). The molecule has 3 nitrogen and oxygen atoms in total. The number of nitriles is 1. The van der Waals surface area contributed by atoms with Crippen molar-refractivity contribution in [2.24, 2.45) is 5.41 Å². The second-order valence-electron chi connectivity index (χ2n) is 5.26. The third-order valence-corrected chi connectivity index (χ3v) is 3.18. The van der Waals surface area contributed by atoms with Gasteiger partial charge in [0.25, 0.3) is 0 Å². The van der Waals surface area contributed by atoms with Crippen LogP contribution in [0.4, 0.5) is 0 Å². The second-order valence-corrected chi connectivity index (χ2v) is 5.26. The molecule has 0 saturated carbocycles. The van der Waals surface area contributed by atoms with E-state index in [1.54, 1.807) is 6.92 Å². The number of hydrogen-bond acceptors (Lipinski definition) is 2. The van der Waals surface area contributed by atoms with Crippen molar-refractivity contribution in [3.8, 4) is 6.07 Å². The minimum atomic E-state index is -0.921. The lowest BCUT2D eigenvalue weighted by molar-refractivity contribution is -0.138. The predicted molar refractivity (Wildman–Crippen MR) is 70.2 cm³/mol. The van der Waals surface area contributed by atoms with Crippen LogP contribution in [0.15, 0.2) is 24.3 Å². The Morgan fingerprint density at radius 1 is 1.56 bits per heavy atom. The van der Waals surface area contributed by atoms with Gasteiger partial charge in [-0.3, -0.25) is 4.79 Å². The monoisotopic (exact) mass is 245 g/mol. The molecule has 0 aliphatic heterocycles. The lowest BCUT2D eigenvalue weighted by Gasteiger charge is -2.24. The third-order valence-electron chi connectivity index (χ3n) is 3.18. The minimum absolute atomic E-state index is 0.111. The fraction of sp³-hybridized carbons (Fsp3) is 0.467. The van der Waals surface area contributed by atoms with Gasteiger partial charge < -0.3 is 5.11 Å². The van der Waals surface area contributed by atoms with Gasteiger partial charge in [0.05, 0.1) is 17.9 Å². The van der Waals surface area contributed by atoms with Crippen LogP contribution in [0, 0.1) is 23.7 Å². The Hall–Kier alpha value is -1.82. The number of nitrogens with zero attached hydrogens (tertiary/aromatic N) is 1. The van der Waals surface area contributed by atoms with Gasteiger partial charge in [-0.2, -0.15) is 5.26 Å². The Balaban J connectivity index is 2.83. The second kappa shape index (κ2) is 5.68. The van der Waals surface area contributed by atoms with Crippen molar-refractivity contribution >= 4 is 5.97 Å². The third kappa shape index (κ3) is 3.89. The maximum Gasteiger partial charge on any atom is 0.304 e. The van der Waals surface area contributed by atoms with Crippen LogP contribution in [0.3, 0.4) is 0 Å². The Bertz CT molecular complexity index is 476. The highest BCUT2D eigenvalue weighted by molar-refractivity contribution is 5.68. The Morgan fingerprint density at radius 2 is 2.22 bits per heavy atom. The molecule has 1 aromatic carbocycles. The van der Waals surface area contributed by atoms with Crippen molar-refractivity contribution in [2.45, 2.75) is 39.5 Å². The highest BCUT2D eigenvalue weighted by atomic mass is 16.4. The van der Waals surface area contributed by atoms with E-state index in [-0.39, 0.29) is 12.3 Å². The van der Waals surface area contributed by atoms with E-state index in [1.165, 1.54) is 5.56 Å². The van der Waals surface area contributed by atoms with Gasteiger partial charge in [0, 0.05) is 0 Å². The van der Waals surface area contributed by atoms with Gasteiger partial charge in [-0.05, 0) is 31.7 Å². The molecule has 0 aliphatic rings. The van der Waals surface area contributed by atoms with Crippen molar-refractivity contribution in [2.75, 3.05) is 0 Å². The SMILES string of the molecule is Cc1cccc(C(C)CC(C)(C#N)CC(=O)O)c1. The summed E-state index contributed by atoms with van der Waals surface area (Å²) in [6.07, 6.45) is 0.443. The van der Waals surface area contributed by atoms with Crippen molar-refractivity contribution in [3.63, 3.8) is 0 Å². The number of aliphatic carboxylic acids is 1. The van der Waals surface area contributed by atoms with Crippen LogP contribution in [-0.4, -0.2) is 11.1 Å². The molecule has 18 heavy (non-hydrogen) atoms. The van der Waals surface area contributed by atoms with Crippen LogP contribution < -0.4 is 0 Å². The van der Waals surface area contributed by atoms with Crippen LogP contribution in [0.2, 0.25) is 0 Å². The Labute approximate surface area is 108 Å². The molecule has 1 aromatic rings. The van der Waals surface area contributed by atoms with Crippen LogP contribution >= 0.6 is 0 Å². The predicted octanol–water partition coefficient (Wildman–Crippen LogP) is 3.49. The molecule has 0 radical (unpaired) electrons. The van der Waals surface area contributed by atoms with E-state index in [2.05, 4.69) is 12.1 Å². The number of carboxylic acid groups (broad SMARTS) is 1. The van der Waals surface area contributed by atoms with Gasteiger partial charge >= 0.3 is 5.97 Å². The van der Waals surface area contributed by atoms with Gasteiger partial charge in [0.1, 0.15) is 0 Å². The van der Waals surface area contributed by atoms with Crippen LogP contribution in [-0.2, 0) is 4.79 Å². The Kier molecular flexibility index (Phi) is 4.49. The molecule has 1 N–H and O–H groups in total. The number of benzene rings is 1. The molecule has 0 aromatic heterocycles. The first kappa shape index (κ1) is 14.2. The van der Waals surface area contributed by atoms with E-state index in [0.717, 1.165) is 5.56 Å². The van der Waals surface area contributed by atoms with Gasteiger partial charge in [0.2, 0.25) is 0 Å². The van der Waals surface area contributed by atoms with E-state index < -0.39 is 11.4 Å². The van der Waals surface area contributed by atoms with E-state index in [0.29, 0.717) is 6.42 Å². The van der Waals surface area contributed by atoms with Gasteiger partial charge in [-0.25, -0.2) is 0 Å². The first-order valence-electron chi connectivity index (χ1n) is 6.06. The molecular weight excluding hydrogens is 226 g/mol. The van der Waals surface area contributed by atoms with E-state index in [4.69, 9.17) is 5.11 Å². The topological polar surface area (TPSA) is 61.1 Å². The molecule has 0 amide bonds. The average molecular weight is 245 g/mol. The molecule has 0 aliphatic carbocycles. The molecule has 0 heterocycles. The van der Waals surface area contributed by atoms with E-state index in [1.807, 2.05) is 32.0 Å². The molecule has 0 saturated heterocycles. The maximum atomic E-state index is 10.8. The molecule has 0 spiro atoms. The highest BCUT2D eigenvalue weighted by Gasteiger charge is 2.29. The van der Waals surface area contributed by atoms with Crippen molar-refractivity contribution in [3.05, 3.63) is 35.4 Å². The zero-order chi connectivity index (χ0) is 13.8. The molecule has 96 valence electrons. The zero-order valence-corrected chi connectivity index (χ0v) is 11.1. The summed E-state index contributed by atoms with van der Waals surface area (Å²) in [5.41, 5.74) is 1.52. The number of carbonyl (C=O) groups is 1. The first-order valence-corrected chi connectivity index (χ1v) is 6.06. The summed E-state index contributed by atoms with van der Waals surface area (Å²) in [6, 6.07) is 10.3. The summed E-state index contributed by atoms with van der Waals surface area (Å²) in [5.74, 6) is -0.746. The van der Waals surface area contributed by atoms with Crippen molar-refractivity contribution < 1.29 is 9.90 Å². The normalized spacial score (nSPS) is 15.4. The smallest absolute Gasteiger partial charge is 0.304 e. The lowest BCUT2D eigenvalue weighted by Crippen LogP contribution is -2.21. The van der Waals surface area contributed by atoms with Crippen LogP contribution in [0.25, 0.3) is 0 Å². The largest absolute Gasteiger partial charge is 0.481 e. The fourth-order valence-corrected chi connectivity index (χ4v) is 2.26. The number of rotatable bonds is 5. The van der Waals surface area contributed by atoms with E-state index in [9.17, 15) is 10.1 Å². The molecule has 2 atom stereocenters. The zero-order valence-electron chi connectivity index (χ0n) is 11.1. The fourth-order valence-electron chi connectivity index (χ4n) is 2.26. The summed E-state index contributed by atoms with van der Waals surface area (Å²) in [5, 5.41) is 18.0. The number of hydrogen-bond donors (Lipinski definition) is 1. The van der Waals surface area contributed by atoms with E-state index >= 15 is 0 Å². The average Bonchev–Trinajstić information content (AvgIpc) is 2.27. The quantitative estimate of drug-likeness (QED) is 0.863. The van der Waals surface area contributed by atoms with Gasteiger partial charge in [-0.15, -0.1) is 0 Å². The summed E-state index contributed by atoms with van der Waals surface area (Å²) >= 11 is 0. The number of aryl methyl sites for hydroxylation is 1. The number of carboxylic acids is 1. The highest BCUT2D eigenvalue weighted by Crippen LogP contribution is 2.34. The van der Waals surface area contributed by atoms with Crippen LogP contribution in [0.5, 0.6) is 0 Å². The molecular formula is C15H19NO2. The minimum Gasteiger partial charge on any atom is -0.481 e. The van der Waals surface area contributed by atoms with Gasteiger partial charge in [-0.1, -0.05) is 36.8 Å². The molecule has 2 unspecified atom stereocenters. The van der Waals surface area contributed by atoms with Crippen molar-refractivity contribution in [1.29, 1.82) is 5.26 Å². The van der Waals surface area contributed by atoms with Gasteiger partial charge in [0.15, 0.2) is 0 Å². The van der Waals surface area contributed by atoms with Crippen molar-refractivity contribution in [1.82, 2.24) is 0 Å². The van der Waals surface area contributed by atoms with Crippen LogP contribution in [0.1, 0.15) is 43.7 Å². The Morgan fingerprint density at radius 3 is 2.72 bits per heavy atom. The summed E-state index contributed by atoms with van der Waals surface area (Å²) in [7, 11) is 0. The standard InChI is InChI=1S/C15H19NO2/c1-11-5-4-6-13(7-11)12(2)8-15(3,10-16)9-14(17)18/h4-7,12H,8-9H2,1-3H3,(H,17,18). The first-order chi connectivity index (χ1) is 8.36. The maximum absolute atomic E-state index is 10.8. The molecule has 0 bridgehead atoms. The summed E-state index contributed by atoms with van der Waals surface area (Å²) < 4.78 is 0.